The summed E-state index contributed by atoms with van der Waals surface area (Å²) in [6.07, 6.45) is 3.58. The lowest BCUT2D eigenvalue weighted by molar-refractivity contribution is 0.0526. The van der Waals surface area contributed by atoms with Crippen molar-refractivity contribution in [3.63, 3.8) is 0 Å². The molecule has 0 spiro atoms. The maximum atomic E-state index is 11.5. The zero-order chi connectivity index (χ0) is 12.1. The van der Waals surface area contributed by atoms with E-state index in [2.05, 4.69) is 0 Å². The summed E-state index contributed by atoms with van der Waals surface area (Å²) >= 11 is 0. The van der Waals surface area contributed by atoms with Gasteiger partial charge in [0.15, 0.2) is 0 Å². The first-order chi connectivity index (χ1) is 8.29. The van der Waals surface area contributed by atoms with E-state index in [1.54, 1.807) is 0 Å². The monoisotopic (exact) mass is 234 g/mol. The highest BCUT2D eigenvalue weighted by Gasteiger charge is 2.16. The van der Waals surface area contributed by atoms with Crippen LogP contribution in [0.25, 0.3) is 0 Å². The molecule has 0 aromatic heterocycles. The number of carbonyl (C=O) groups excluding carboxylic acids is 1. The molecule has 1 aromatic rings. The molecule has 0 radical (unpaired) electrons. The summed E-state index contributed by atoms with van der Waals surface area (Å²) < 4.78 is 10.5. The van der Waals surface area contributed by atoms with Crippen molar-refractivity contribution in [2.24, 2.45) is 0 Å². The molecule has 0 aliphatic carbocycles. The number of ether oxygens (including phenoxy) is 2. The van der Waals surface area contributed by atoms with Gasteiger partial charge in [-0.1, -0.05) is 12.1 Å². The minimum absolute atomic E-state index is 0.254. The third-order valence-corrected chi connectivity index (χ3v) is 2.95. The predicted octanol–water partition coefficient (Wildman–Crippen LogP) is 2.58. The molecule has 1 aliphatic heterocycles. The zero-order valence-corrected chi connectivity index (χ0v) is 10.1. The summed E-state index contributed by atoms with van der Waals surface area (Å²) in [5.74, 6) is -0.254. The molecular formula is C14H18O3. The molecule has 0 N–H and O–H groups in total. The lowest BCUT2D eigenvalue weighted by atomic mass is 10.0. The van der Waals surface area contributed by atoms with Gasteiger partial charge in [-0.3, -0.25) is 0 Å². The SMILES string of the molecule is CCOC(=O)c1ccc(C[C@H]2CCCO2)cc1. The minimum Gasteiger partial charge on any atom is -0.462 e. The van der Waals surface area contributed by atoms with Gasteiger partial charge in [0.05, 0.1) is 18.3 Å². The number of rotatable bonds is 4. The van der Waals surface area contributed by atoms with Crippen LogP contribution in [0.1, 0.15) is 35.7 Å². The van der Waals surface area contributed by atoms with Crippen LogP contribution in [-0.4, -0.2) is 25.3 Å². The van der Waals surface area contributed by atoms with Gasteiger partial charge in [-0.05, 0) is 43.9 Å². The van der Waals surface area contributed by atoms with Crippen molar-refractivity contribution in [1.82, 2.24) is 0 Å². The molecule has 1 aliphatic rings. The topological polar surface area (TPSA) is 35.5 Å². The van der Waals surface area contributed by atoms with Crippen LogP contribution in [-0.2, 0) is 15.9 Å². The molecule has 1 heterocycles. The van der Waals surface area contributed by atoms with Crippen molar-refractivity contribution in [1.29, 1.82) is 0 Å². The van der Waals surface area contributed by atoms with Gasteiger partial charge in [0.2, 0.25) is 0 Å². The first-order valence-electron chi connectivity index (χ1n) is 6.17. The van der Waals surface area contributed by atoms with Crippen LogP contribution in [0, 0.1) is 0 Å². The predicted molar refractivity (Wildman–Crippen MR) is 65.1 cm³/mol. The van der Waals surface area contributed by atoms with Crippen LogP contribution in [0.15, 0.2) is 24.3 Å². The molecule has 1 saturated heterocycles. The fraction of sp³-hybridized carbons (Fsp3) is 0.500. The number of esters is 1. The van der Waals surface area contributed by atoms with Gasteiger partial charge in [-0.2, -0.15) is 0 Å². The van der Waals surface area contributed by atoms with Crippen molar-refractivity contribution in [3.05, 3.63) is 35.4 Å². The third kappa shape index (κ3) is 3.30. The molecule has 3 heteroatoms. The van der Waals surface area contributed by atoms with E-state index >= 15 is 0 Å². The Morgan fingerprint density at radius 1 is 1.41 bits per heavy atom. The van der Waals surface area contributed by atoms with Crippen LogP contribution < -0.4 is 0 Å². The fourth-order valence-electron chi connectivity index (χ4n) is 2.06. The van der Waals surface area contributed by atoms with Crippen molar-refractivity contribution >= 4 is 5.97 Å². The van der Waals surface area contributed by atoms with Crippen LogP contribution in [0.2, 0.25) is 0 Å². The first-order valence-corrected chi connectivity index (χ1v) is 6.17. The van der Waals surface area contributed by atoms with Crippen LogP contribution >= 0.6 is 0 Å². The lowest BCUT2D eigenvalue weighted by Gasteiger charge is -2.09. The summed E-state index contributed by atoms with van der Waals surface area (Å²) in [7, 11) is 0. The smallest absolute Gasteiger partial charge is 0.338 e. The van der Waals surface area contributed by atoms with E-state index in [1.807, 2.05) is 31.2 Å². The Balaban J connectivity index is 1.94. The van der Waals surface area contributed by atoms with Crippen molar-refractivity contribution < 1.29 is 14.3 Å². The van der Waals surface area contributed by atoms with Crippen LogP contribution in [0.3, 0.4) is 0 Å². The quantitative estimate of drug-likeness (QED) is 0.751. The Morgan fingerprint density at radius 2 is 2.18 bits per heavy atom. The summed E-state index contributed by atoms with van der Waals surface area (Å²) in [6.45, 7) is 3.10. The summed E-state index contributed by atoms with van der Waals surface area (Å²) in [5.41, 5.74) is 1.83. The highest BCUT2D eigenvalue weighted by atomic mass is 16.5. The molecular weight excluding hydrogens is 216 g/mol. The van der Waals surface area contributed by atoms with Gasteiger partial charge in [0, 0.05) is 6.61 Å². The van der Waals surface area contributed by atoms with Gasteiger partial charge in [0.1, 0.15) is 0 Å². The second-order valence-corrected chi connectivity index (χ2v) is 4.26. The van der Waals surface area contributed by atoms with Gasteiger partial charge < -0.3 is 9.47 Å². The van der Waals surface area contributed by atoms with Gasteiger partial charge >= 0.3 is 5.97 Å². The maximum absolute atomic E-state index is 11.5. The molecule has 17 heavy (non-hydrogen) atoms. The largest absolute Gasteiger partial charge is 0.462 e. The van der Waals surface area contributed by atoms with Gasteiger partial charge in [-0.25, -0.2) is 4.79 Å². The molecule has 0 saturated carbocycles. The highest BCUT2D eigenvalue weighted by molar-refractivity contribution is 5.89. The fourth-order valence-corrected chi connectivity index (χ4v) is 2.06. The summed E-state index contributed by atoms with van der Waals surface area (Å²) in [6, 6.07) is 7.60. The first kappa shape index (κ1) is 12.1. The van der Waals surface area contributed by atoms with Crippen LogP contribution in [0.5, 0.6) is 0 Å². The Bertz CT molecular complexity index is 364. The maximum Gasteiger partial charge on any atom is 0.338 e. The number of carbonyl (C=O) groups is 1. The van der Waals surface area contributed by atoms with E-state index in [9.17, 15) is 4.79 Å². The summed E-state index contributed by atoms with van der Waals surface area (Å²) in [5, 5.41) is 0. The Labute approximate surface area is 102 Å². The standard InChI is InChI=1S/C14H18O3/c1-2-16-14(15)12-7-5-11(6-8-12)10-13-4-3-9-17-13/h5-8,13H,2-4,9-10H2,1H3/t13-/m1/s1. The van der Waals surface area contributed by atoms with Gasteiger partial charge in [-0.15, -0.1) is 0 Å². The van der Waals surface area contributed by atoms with Crippen molar-refractivity contribution in [2.75, 3.05) is 13.2 Å². The Kier molecular flexibility index (Phi) is 4.15. The molecule has 0 unspecified atom stereocenters. The van der Waals surface area contributed by atoms with E-state index in [0.717, 1.165) is 25.9 Å². The molecule has 1 aromatic carbocycles. The second kappa shape index (κ2) is 5.82. The second-order valence-electron chi connectivity index (χ2n) is 4.26. The van der Waals surface area contributed by atoms with E-state index in [-0.39, 0.29) is 5.97 Å². The number of hydrogen-bond donors (Lipinski definition) is 0. The highest BCUT2D eigenvalue weighted by Crippen LogP contribution is 2.17. The van der Waals surface area contributed by atoms with Crippen LogP contribution in [0.4, 0.5) is 0 Å². The third-order valence-electron chi connectivity index (χ3n) is 2.95. The average Bonchev–Trinajstić information content (AvgIpc) is 2.83. The average molecular weight is 234 g/mol. The van der Waals surface area contributed by atoms with Crippen molar-refractivity contribution in [3.8, 4) is 0 Å². The molecule has 2 rings (SSSR count). The van der Waals surface area contributed by atoms with E-state index in [4.69, 9.17) is 9.47 Å². The zero-order valence-electron chi connectivity index (χ0n) is 10.1. The molecule has 3 nitrogen and oxygen atoms in total. The number of benzene rings is 1. The Hall–Kier alpha value is -1.35. The van der Waals surface area contributed by atoms with E-state index < -0.39 is 0 Å². The van der Waals surface area contributed by atoms with Crippen molar-refractivity contribution in [2.45, 2.75) is 32.3 Å². The molecule has 0 bridgehead atoms. The van der Waals surface area contributed by atoms with E-state index in [0.29, 0.717) is 18.3 Å². The Morgan fingerprint density at radius 3 is 2.76 bits per heavy atom. The molecule has 1 atom stereocenters. The lowest BCUT2D eigenvalue weighted by Crippen LogP contribution is -2.09. The van der Waals surface area contributed by atoms with Gasteiger partial charge in [0.25, 0.3) is 0 Å². The minimum atomic E-state index is -0.254. The van der Waals surface area contributed by atoms with E-state index in [1.165, 1.54) is 5.56 Å². The molecule has 0 amide bonds. The normalized spacial score (nSPS) is 19.2. The summed E-state index contributed by atoms with van der Waals surface area (Å²) in [4.78, 5) is 11.5. The number of hydrogen-bond acceptors (Lipinski definition) is 3. The molecule has 92 valence electrons. The molecule has 1 fully saturated rings.